The van der Waals surface area contributed by atoms with Crippen LogP contribution in [0.1, 0.15) is 15.9 Å². The summed E-state index contributed by atoms with van der Waals surface area (Å²) in [5.74, 6) is -2.07. The van der Waals surface area contributed by atoms with E-state index in [1.165, 1.54) is 18.2 Å². The van der Waals surface area contributed by atoms with Crippen molar-refractivity contribution in [3.63, 3.8) is 0 Å². The van der Waals surface area contributed by atoms with E-state index in [9.17, 15) is 18.7 Å². The highest BCUT2D eigenvalue weighted by atomic mass is 19.1. The largest absolute Gasteiger partial charge is 0.478 e. The highest BCUT2D eigenvalue weighted by Crippen LogP contribution is 2.31. The molecule has 5 rings (SSSR count). The highest BCUT2D eigenvalue weighted by molar-refractivity contribution is 5.90. The van der Waals surface area contributed by atoms with Crippen LogP contribution in [0.2, 0.25) is 0 Å². The van der Waals surface area contributed by atoms with Crippen molar-refractivity contribution in [1.29, 1.82) is 0 Å². The molecule has 0 fully saturated rings. The molecule has 0 aliphatic rings. The molecular formula is C25H18F2N2O2. The number of carboxylic acids is 1. The van der Waals surface area contributed by atoms with E-state index in [1.54, 1.807) is 0 Å². The van der Waals surface area contributed by atoms with Crippen LogP contribution in [0.4, 0.5) is 8.78 Å². The van der Waals surface area contributed by atoms with Crippen LogP contribution in [0.3, 0.4) is 0 Å². The van der Waals surface area contributed by atoms with E-state index >= 15 is 0 Å². The van der Waals surface area contributed by atoms with E-state index in [2.05, 4.69) is 0 Å². The maximum atomic E-state index is 14.8. The number of benzene rings is 3. The third-order valence-electron chi connectivity index (χ3n) is 5.62. The summed E-state index contributed by atoms with van der Waals surface area (Å²) in [6.45, 7) is 0.296. The van der Waals surface area contributed by atoms with Crippen LogP contribution < -0.4 is 0 Å². The highest BCUT2D eigenvalue weighted by Gasteiger charge is 2.12. The molecule has 0 atom stereocenters. The summed E-state index contributed by atoms with van der Waals surface area (Å²) < 4.78 is 32.6. The van der Waals surface area contributed by atoms with Crippen LogP contribution in [0.5, 0.6) is 0 Å². The number of halogens is 2. The van der Waals surface area contributed by atoms with E-state index in [-0.39, 0.29) is 11.4 Å². The normalized spacial score (nSPS) is 11.5. The number of fused-ring (bicyclic) bond motifs is 2. The van der Waals surface area contributed by atoms with Crippen LogP contribution in [0.15, 0.2) is 73.1 Å². The van der Waals surface area contributed by atoms with Crippen LogP contribution in [-0.2, 0) is 13.6 Å². The molecule has 0 amide bonds. The molecule has 0 radical (unpaired) electrons. The number of carbonyl (C=O) groups is 1. The zero-order valence-electron chi connectivity index (χ0n) is 16.6. The summed E-state index contributed by atoms with van der Waals surface area (Å²) >= 11 is 0. The van der Waals surface area contributed by atoms with Crippen molar-refractivity contribution in [2.75, 3.05) is 0 Å². The van der Waals surface area contributed by atoms with E-state index in [1.807, 2.05) is 65.0 Å². The number of aromatic carboxylic acids is 1. The standard InChI is InChI=1S/C25H18F2N2O2/c1-28-6-4-18-11-22(27)21(13-23(18)28)17-3-2-16-5-7-29(24(16)12-17)14-15-8-19(25(30)31)10-20(26)9-15/h2-13H,14H2,1H3,(H,30,31). The quantitative estimate of drug-likeness (QED) is 0.401. The van der Waals surface area contributed by atoms with Crippen molar-refractivity contribution in [1.82, 2.24) is 9.13 Å². The Hall–Kier alpha value is -3.93. The second kappa shape index (κ2) is 7.09. The van der Waals surface area contributed by atoms with Gasteiger partial charge < -0.3 is 14.2 Å². The van der Waals surface area contributed by atoms with E-state index in [4.69, 9.17) is 0 Å². The molecule has 0 aliphatic heterocycles. The van der Waals surface area contributed by atoms with Gasteiger partial charge in [0.25, 0.3) is 0 Å². The molecule has 5 aromatic rings. The van der Waals surface area contributed by atoms with Gasteiger partial charge in [-0.25, -0.2) is 13.6 Å². The molecule has 2 heterocycles. The van der Waals surface area contributed by atoms with Gasteiger partial charge in [0.05, 0.1) is 5.56 Å². The predicted octanol–water partition coefficient (Wildman–Crippen LogP) is 5.82. The zero-order valence-corrected chi connectivity index (χ0v) is 16.6. The van der Waals surface area contributed by atoms with Crippen LogP contribution in [0.25, 0.3) is 32.9 Å². The van der Waals surface area contributed by atoms with Gasteiger partial charge >= 0.3 is 5.97 Å². The first-order valence-electron chi connectivity index (χ1n) is 9.76. The van der Waals surface area contributed by atoms with Crippen LogP contribution in [-0.4, -0.2) is 20.2 Å². The Balaban J connectivity index is 1.59. The fourth-order valence-electron chi connectivity index (χ4n) is 4.06. The van der Waals surface area contributed by atoms with Gasteiger partial charge in [0.1, 0.15) is 11.6 Å². The van der Waals surface area contributed by atoms with E-state index < -0.39 is 11.8 Å². The number of aryl methyl sites for hydroxylation is 1. The fourth-order valence-corrected chi connectivity index (χ4v) is 4.06. The first-order chi connectivity index (χ1) is 14.9. The summed E-state index contributed by atoms with van der Waals surface area (Å²) in [6, 6.07) is 16.7. The number of nitrogens with zero attached hydrogens (tertiary/aromatic N) is 2. The van der Waals surface area contributed by atoms with Gasteiger partial charge in [-0.3, -0.25) is 0 Å². The maximum absolute atomic E-state index is 14.8. The molecule has 6 heteroatoms. The lowest BCUT2D eigenvalue weighted by Crippen LogP contribution is -2.03. The summed E-state index contributed by atoms with van der Waals surface area (Å²) in [7, 11) is 1.92. The Morgan fingerprint density at radius 3 is 2.52 bits per heavy atom. The number of rotatable bonds is 4. The van der Waals surface area contributed by atoms with Gasteiger partial charge in [-0.1, -0.05) is 12.1 Å². The number of hydrogen-bond donors (Lipinski definition) is 1. The van der Waals surface area contributed by atoms with Crippen molar-refractivity contribution < 1.29 is 18.7 Å². The van der Waals surface area contributed by atoms with Gasteiger partial charge in [0, 0.05) is 48.0 Å². The lowest BCUT2D eigenvalue weighted by Gasteiger charge is -2.10. The molecule has 1 N–H and O–H groups in total. The van der Waals surface area contributed by atoms with Gasteiger partial charge in [-0.05, 0) is 65.0 Å². The Morgan fingerprint density at radius 2 is 1.71 bits per heavy atom. The smallest absolute Gasteiger partial charge is 0.335 e. The van der Waals surface area contributed by atoms with Crippen molar-refractivity contribution in [2.24, 2.45) is 7.05 Å². The van der Waals surface area contributed by atoms with E-state index in [0.717, 1.165) is 33.4 Å². The zero-order chi connectivity index (χ0) is 21.7. The van der Waals surface area contributed by atoms with Gasteiger partial charge in [0.15, 0.2) is 0 Å². The number of hydrogen-bond acceptors (Lipinski definition) is 1. The van der Waals surface area contributed by atoms with Crippen LogP contribution in [0, 0.1) is 11.6 Å². The minimum atomic E-state index is -1.17. The Morgan fingerprint density at radius 1 is 0.903 bits per heavy atom. The molecule has 0 saturated heterocycles. The Kier molecular flexibility index (Phi) is 4.36. The maximum Gasteiger partial charge on any atom is 0.335 e. The third kappa shape index (κ3) is 3.36. The molecule has 3 aromatic carbocycles. The molecule has 2 aromatic heterocycles. The summed E-state index contributed by atoms with van der Waals surface area (Å²) in [6.07, 6.45) is 3.75. The number of carboxylic acid groups (broad SMARTS) is 1. The monoisotopic (exact) mass is 416 g/mol. The molecule has 0 bridgehead atoms. The molecule has 0 saturated carbocycles. The van der Waals surface area contributed by atoms with Gasteiger partial charge in [0.2, 0.25) is 0 Å². The number of aromatic nitrogens is 2. The molecule has 0 spiro atoms. The summed E-state index contributed by atoms with van der Waals surface area (Å²) in [4.78, 5) is 11.2. The predicted molar refractivity (Wildman–Crippen MR) is 116 cm³/mol. The molecule has 4 nitrogen and oxygen atoms in total. The molecule has 154 valence electrons. The lowest BCUT2D eigenvalue weighted by atomic mass is 10.0. The topological polar surface area (TPSA) is 47.2 Å². The second-order valence-electron chi connectivity index (χ2n) is 7.69. The van der Waals surface area contributed by atoms with Crippen molar-refractivity contribution in [3.05, 3.63) is 95.8 Å². The van der Waals surface area contributed by atoms with Crippen molar-refractivity contribution >= 4 is 27.8 Å². The Labute approximate surface area is 176 Å². The van der Waals surface area contributed by atoms with E-state index in [0.29, 0.717) is 17.7 Å². The minimum absolute atomic E-state index is 0.0925. The lowest BCUT2D eigenvalue weighted by molar-refractivity contribution is 0.0696. The SMILES string of the molecule is Cn1ccc2cc(F)c(-c3ccc4ccn(Cc5cc(F)cc(C(=O)O)c5)c4c3)cc21. The third-order valence-corrected chi connectivity index (χ3v) is 5.62. The molecular weight excluding hydrogens is 398 g/mol. The van der Waals surface area contributed by atoms with Gasteiger partial charge in [-0.15, -0.1) is 0 Å². The first-order valence-corrected chi connectivity index (χ1v) is 9.76. The first kappa shape index (κ1) is 19.1. The molecule has 0 unspecified atom stereocenters. The average molecular weight is 416 g/mol. The Bertz CT molecular complexity index is 1480. The van der Waals surface area contributed by atoms with Crippen molar-refractivity contribution in [3.8, 4) is 11.1 Å². The average Bonchev–Trinajstić information content (AvgIpc) is 3.30. The molecule has 0 aliphatic carbocycles. The van der Waals surface area contributed by atoms with Gasteiger partial charge in [-0.2, -0.15) is 0 Å². The van der Waals surface area contributed by atoms with Crippen LogP contribution >= 0.6 is 0 Å². The fraction of sp³-hybridized carbons (Fsp3) is 0.0800. The minimum Gasteiger partial charge on any atom is -0.478 e. The second-order valence-corrected chi connectivity index (χ2v) is 7.69. The summed E-state index contributed by atoms with van der Waals surface area (Å²) in [5, 5.41) is 11.0. The summed E-state index contributed by atoms with van der Waals surface area (Å²) in [5.41, 5.74) is 3.47. The molecule has 31 heavy (non-hydrogen) atoms. The van der Waals surface area contributed by atoms with Crippen molar-refractivity contribution in [2.45, 2.75) is 6.54 Å².